The lowest BCUT2D eigenvalue weighted by molar-refractivity contribution is -0.972. The second-order valence-corrected chi connectivity index (χ2v) is 2.84. The number of nitrogens with zero attached hydrogens (tertiary/aromatic N) is 5. The Morgan fingerprint density at radius 2 is 1.44 bits per heavy atom. The molecule has 0 aromatic carbocycles. The van der Waals surface area contributed by atoms with Crippen molar-refractivity contribution in [3.8, 4) is 0 Å². The molecule has 0 radical (unpaired) electrons. The molecule has 1 atom stereocenters. The first kappa shape index (κ1) is 13.1. The lowest BCUT2D eigenvalue weighted by Crippen LogP contribution is -2.65. The second-order valence-electron chi connectivity index (χ2n) is 2.84. The maximum absolute atomic E-state index is 10.6. The van der Waals surface area contributed by atoms with Gasteiger partial charge in [-0.1, -0.05) is 4.99 Å². The van der Waals surface area contributed by atoms with Crippen molar-refractivity contribution in [2.24, 2.45) is 4.99 Å². The van der Waals surface area contributed by atoms with Crippen LogP contribution in [0, 0.1) is 40.5 Å². The third-order valence-corrected chi connectivity index (χ3v) is 1.92. The number of guanidine groups is 1. The molecule has 0 spiro atoms. The Morgan fingerprint density at radius 3 is 1.72 bits per heavy atom. The van der Waals surface area contributed by atoms with Gasteiger partial charge in [0.05, 0.1) is 0 Å². The van der Waals surface area contributed by atoms with Crippen LogP contribution in [0.4, 0.5) is 0 Å². The average molecular weight is 265 g/mol. The first-order chi connectivity index (χ1) is 8.24. The number of hydrazine groups is 1. The minimum absolute atomic E-state index is 1.10. The summed E-state index contributed by atoms with van der Waals surface area (Å²) in [5.41, 5.74) is 3.32. The van der Waals surface area contributed by atoms with Crippen LogP contribution < -0.4 is 10.9 Å². The minimum Gasteiger partial charge on any atom is -0.390 e. The van der Waals surface area contributed by atoms with E-state index in [0.717, 1.165) is 0 Å². The summed E-state index contributed by atoms with van der Waals surface area (Å²) < 4.78 is 0. The van der Waals surface area contributed by atoms with Gasteiger partial charge >= 0.3 is 17.9 Å². The van der Waals surface area contributed by atoms with Crippen LogP contribution in [-0.2, 0) is 0 Å². The lowest BCUT2D eigenvalue weighted by Gasteiger charge is -2.08. The van der Waals surface area contributed by atoms with Gasteiger partial charge in [-0.3, -0.25) is 30.3 Å². The van der Waals surface area contributed by atoms with Crippen LogP contribution in [0.3, 0.4) is 0 Å². The van der Waals surface area contributed by atoms with Gasteiger partial charge in [0.2, 0.25) is 0 Å². The van der Waals surface area contributed by atoms with E-state index in [1.807, 2.05) is 0 Å². The number of hydrogen-bond acceptors (Lipinski definition) is 11. The largest absolute Gasteiger partial charge is 0.753 e. The molecule has 18 heavy (non-hydrogen) atoms. The van der Waals surface area contributed by atoms with Crippen molar-refractivity contribution in [2.45, 2.75) is 12.0 Å². The molecule has 0 aromatic rings. The van der Waals surface area contributed by atoms with Crippen LogP contribution in [0.25, 0.3) is 0 Å². The minimum atomic E-state index is -3.95. The van der Waals surface area contributed by atoms with Crippen molar-refractivity contribution < 1.29 is 19.7 Å². The molecule has 1 aliphatic heterocycles. The van der Waals surface area contributed by atoms with E-state index in [1.54, 1.807) is 10.9 Å². The highest BCUT2D eigenvalue weighted by Gasteiger charge is 2.81. The number of nitrogens with one attached hydrogen (secondary N) is 2. The second kappa shape index (κ2) is 4.13. The third-order valence-electron chi connectivity index (χ3n) is 1.92. The van der Waals surface area contributed by atoms with Gasteiger partial charge in [-0.05, 0) is 4.92 Å². The van der Waals surface area contributed by atoms with Crippen molar-refractivity contribution in [2.75, 3.05) is 0 Å². The summed E-state index contributed by atoms with van der Waals surface area (Å²) >= 11 is 0. The molecule has 1 rings (SSSR count). The summed E-state index contributed by atoms with van der Waals surface area (Å²) in [5.74, 6) is -5.06. The zero-order valence-electron chi connectivity index (χ0n) is 8.08. The molecule has 1 unspecified atom stereocenters. The maximum atomic E-state index is 10.6. The van der Waals surface area contributed by atoms with E-state index in [4.69, 9.17) is 0 Å². The predicted molar refractivity (Wildman–Crippen MR) is 48.2 cm³/mol. The van der Waals surface area contributed by atoms with Gasteiger partial charge in [0, 0.05) is 0 Å². The summed E-state index contributed by atoms with van der Waals surface area (Å²) in [6.07, 6.45) is -2.36. The van der Waals surface area contributed by atoms with Crippen molar-refractivity contribution in [1.29, 1.82) is 0 Å². The standard InChI is InChI=1S/C3H3N7O8/c11-7(12)2-4-1(5-6-2)3(8(13)14,9(15)16)10(17)18/h1,5H,(H,4,6). The molecule has 2 N–H and O–H groups in total. The molecule has 0 saturated carbocycles. The van der Waals surface area contributed by atoms with Crippen LogP contribution in [0.5, 0.6) is 0 Å². The zero-order valence-corrected chi connectivity index (χ0v) is 8.08. The molecule has 1 heterocycles. The molecular weight excluding hydrogens is 262 g/mol. The Morgan fingerprint density at radius 1 is 1.00 bits per heavy atom. The molecular formula is C3H3N7O8. The monoisotopic (exact) mass is 265 g/mol. The van der Waals surface area contributed by atoms with E-state index in [-0.39, 0.29) is 0 Å². The molecule has 0 aliphatic carbocycles. The molecule has 15 nitrogen and oxygen atoms in total. The normalized spacial score (nSPS) is 18.7. The van der Waals surface area contributed by atoms with Crippen LogP contribution in [-0.4, -0.2) is 37.6 Å². The molecule has 0 aromatic heterocycles. The van der Waals surface area contributed by atoms with Crippen molar-refractivity contribution in [3.63, 3.8) is 0 Å². The smallest absolute Gasteiger partial charge is 0.390 e. The SMILES string of the molecule is O=[N+]([O-])C1=NC(C([N+](=O)[O-])([N+](=O)[O-])[N+](=O)[O-])NN1. The predicted octanol–water partition coefficient (Wildman–Crippen LogP) is -2.46. The van der Waals surface area contributed by atoms with E-state index in [0.29, 0.717) is 0 Å². The van der Waals surface area contributed by atoms with Gasteiger partial charge in [0.1, 0.15) is 0 Å². The van der Waals surface area contributed by atoms with Gasteiger partial charge in [-0.15, -0.1) is 5.43 Å². The topological polar surface area (TPSA) is 209 Å². The molecule has 98 valence electrons. The van der Waals surface area contributed by atoms with Gasteiger partial charge in [0.25, 0.3) is 0 Å². The van der Waals surface area contributed by atoms with E-state index in [9.17, 15) is 40.5 Å². The van der Waals surface area contributed by atoms with Gasteiger partial charge in [0.15, 0.2) is 14.8 Å². The summed E-state index contributed by atoms with van der Waals surface area (Å²) in [5, 5.41) is 42.0. The first-order valence-electron chi connectivity index (χ1n) is 3.91. The molecule has 0 fully saturated rings. The number of aliphatic imine (C=N–C) groups is 1. The molecule has 0 saturated heterocycles. The van der Waals surface area contributed by atoms with Crippen LogP contribution in [0.2, 0.25) is 0 Å². The first-order valence-corrected chi connectivity index (χ1v) is 3.91. The Balaban J connectivity index is 3.30. The number of rotatable bonds is 4. The van der Waals surface area contributed by atoms with E-state index >= 15 is 0 Å². The highest BCUT2D eigenvalue weighted by atomic mass is 16.7. The van der Waals surface area contributed by atoms with Gasteiger partial charge in [-0.2, -0.15) is 5.43 Å². The Kier molecular flexibility index (Phi) is 3.00. The summed E-state index contributed by atoms with van der Waals surface area (Å²) in [7, 11) is 0. The quantitative estimate of drug-likeness (QED) is 0.310. The van der Waals surface area contributed by atoms with Crippen LogP contribution >= 0.6 is 0 Å². The Labute approximate surface area is 95.0 Å². The Hall–Kier alpha value is -2.97. The molecule has 1 aliphatic rings. The third kappa shape index (κ3) is 1.63. The van der Waals surface area contributed by atoms with Crippen molar-refractivity contribution in [3.05, 3.63) is 40.5 Å². The van der Waals surface area contributed by atoms with Crippen LogP contribution in [0.15, 0.2) is 4.99 Å². The van der Waals surface area contributed by atoms with E-state index < -0.39 is 37.6 Å². The average Bonchev–Trinajstić information content (AvgIpc) is 2.66. The zero-order chi connectivity index (χ0) is 14.1. The van der Waals surface area contributed by atoms with Gasteiger partial charge < -0.3 is 10.1 Å². The number of nitro groups is 4. The lowest BCUT2D eigenvalue weighted by atomic mass is 10.3. The number of hydrogen-bond donors (Lipinski definition) is 2. The van der Waals surface area contributed by atoms with Gasteiger partial charge in [-0.25, -0.2) is 0 Å². The maximum Gasteiger partial charge on any atom is 0.753 e. The fourth-order valence-corrected chi connectivity index (χ4v) is 1.10. The summed E-state index contributed by atoms with van der Waals surface area (Å²) in [6, 6.07) is 0. The van der Waals surface area contributed by atoms with Crippen LogP contribution in [0.1, 0.15) is 0 Å². The fourth-order valence-electron chi connectivity index (χ4n) is 1.10. The van der Waals surface area contributed by atoms with Crippen molar-refractivity contribution >= 4 is 5.96 Å². The summed E-state index contributed by atoms with van der Waals surface area (Å²) in [4.78, 5) is 38.4. The Bertz CT molecular complexity index is 433. The molecule has 0 amide bonds. The highest BCUT2D eigenvalue weighted by molar-refractivity contribution is 5.72. The van der Waals surface area contributed by atoms with E-state index in [2.05, 4.69) is 4.99 Å². The van der Waals surface area contributed by atoms with Crippen molar-refractivity contribution in [1.82, 2.24) is 10.9 Å². The molecule has 0 bridgehead atoms. The summed E-state index contributed by atoms with van der Waals surface area (Å²) in [6.45, 7) is 0. The van der Waals surface area contributed by atoms with E-state index in [1.165, 1.54) is 0 Å². The fraction of sp³-hybridized carbons (Fsp3) is 0.667. The highest BCUT2D eigenvalue weighted by Crippen LogP contribution is 2.20. The molecule has 15 heteroatoms.